The molecule has 0 bridgehead atoms. The van der Waals surface area contributed by atoms with Gasteiger partial charge in [-0.05, 0) is 58.5 Å². The Morgan fingerprint density at radius 1 is 1.23 bits per heavy atom. The van der Waals surface area contributed by atoms with E-state index in [4.69, 9.17) is 13.4 Å². The number of aromatic nitrogens is 1. The number of rotatable bonds is 2. The molecule has 2 aliphatic heterocycles. The summed E-state index contributed by atoms with van der Waals surface area (Å²) in [5.41, 5.74) is -0.284. The molecule has 3 heterocycles. The molecule has 2 fully saturated rings. The van der Waals surface area contributed by atoms with E-state index >= 15 is 0 Å². The Bertz CT molecular complexity index is 660. The molecule has 0 radical (unpaired) electrons. The molecule has 2 saturated heterocycles. The van der Waals surface area contributed by atoms with Gasteiger partial charge in [-0.25, -0.2) is 0 Å². The highest BCUT2D eigenvalue weighted by Gasteiger charge is 2.52. The summed E-state index contributed by atoms with van der Waals surface area (Å²) in [6.07, 6.45) is 1.93. The third kappa shape index (κ3) is 2.89. The van der Waals surface area contributed by atoms with Gasteiger partial charge in [-0.1, -0.05) is 6.92 Å². The summed E-state index contributed by atoms with van der Waals surface area (Å²) in [4.78, 5) is 6.21. The van der Waals surface area contributed by atoms with Crippen LogP contribution in [0.1, 0.15) is 51.6 Å². The summed E-state index contributed by atoms with van der Waals surface area (Å²) in [7, 11) is -0.787. The summed E-state index contributed by atoms with van der Waals surface area (Å²) in [6.45, 7) is 11.6. The van der Waals surface area contributed by atoms with Crippen molar-refractivity contribution in [2.24, 2.45) is 5.92 Å². The molecule has 0 aliphatic carbocycles. The topological polar surface area (TPSA) is 34.6 Å². The van der Waals surface area contributed by atoms with E-state index in [-0.39, 0.29) is 18.3 Å². The van der Waals surface area contributed by atoms with E-state index in [0.717, 1.165) is 25.9 Å². The third-order valence-electron chi connectivity index (χ3n) is 5.17. The largest absolute Gasteiger partial charge is 0.514 e. The minimum atomic E-state index is -0.787. The second-order valence-electron chi connectivity index (χ2n) is 7.47. The van der Waals surface area contributed by atoms with Crippen LogP contribution in [0.2, 0.25) is 0 Å². The summed E-state index contributed by atoms with van der Waals surface area (Å²) >= 11 is 0. The van der Waals surface area contributed by atoms with Crippen molar-refractivity contribution in [2.75, 3.05) is 18.0 Å². The summed E-state index contributed by atoms with van der Waals surface area (Å²) in [6, 6.07) is 0.161. The zero-order chi connectivity index (χ0) is 18.6. The second-order valence-corrected chi connectivity index (χ2v) is 7.47. The average molecular weight is 305 g/mol. The smallest absolute Gasteiger partial charge is 0.398 e. The van der Waals surface area contributed by atoms with Crippen LogP contribution in [0.4, 0.5) is 5.69 Å². The van der Waals surface area contributed by atoms with E-state index in [1.165, 1.54) is 0 Å². The molecule has 1 aromatic heterocycles. The molecule has 0 saturated carbocycles. The first-order valence-corrected chi connectivity index (χ1v) is 8.12. The zero-order valence-corrected chi connectivity index (χ0v) is 14.2. The van der Waals surface area contributed by atoms with Gasteiger partial charge in [-0.3, -0.25) is 4.98 Å². The first kappa shape index (κ1) is 12.4. The molecule has 0 amide bonds. The quantitative estimate of drug-likeness (QED) is 0.787. The van der Waals surface area contributed by atoms with Crippen molar-refractivity contribution < 1.29 is 13.4 Å². The van der Waals surface area contributed by atoms with E-state index < -0.39 is 18.3 Å². The van der Waals surface area contributed by atoms with Crippen LogP contribution in [0, 0.1) is 5.92 Å². The molecule has 1 aromatic rings. The highest BCUT2D eigenvalue weighted by Crippen LogP contribution is 2.36. The molecule has 2 aliphatic rings. The van der Waals surface area contributed by atoms with Crippen molar-refractivity contribution in [1.29, 1.82) is 0 Å². The minimum Gasteiger partial charge on any atom is -0.398 e. The fourth-order valence-corrected chi connectivity index (χ4v) is 2.78. The van der Waals surface area contributed by atoms with Gasteiger partial charge in [0.1, 0.15) is 0 Å². The van der Waals surface area contributed by atoms with Crippen molar-refractivity contribution >= 4 is 18.4 Å². The maximum Gasteiger partial charge on any atom is 0.514 e. The number of piperidine rings is 1. The molecule has 0 atom stereocenters. The van der Waals surface area contributed by atoms with Gasteiger partial charge in [0, 0.05) is 24.9 Å². The van der Waals surface area contributed by atoms with Crippen LogP contribution < -0.4 is 10.5 Å². The van der Waals surface area contributed by atoms with Gasteiger partial charge in [0.25, 0.3) is 0 Å². The van der Waals surface area contributed by atoms with E-state index in [1.807, 2.05) is 32.6 Å². The predicted molar refractivity (Wildman–Crippen MR) is 90.6 cm³/mol. The number of pyridine rings is 1. The van der Waals surface area contributed by atoms with Gasteiger partial charge in [0.05, 0.1) is 20.9 Å². The molecular weight excluding hydrogens is 275 g/mol. The Balaban J connectivity index is 2.00. The van der Waals surface area contributed by atoms with Crippen LogP contribution in [0.5, 0.6) is 0 Å². The van der Waals surface area contributed by atoms with Crippen molar-refractivity contribution in [3.63, 3.8) is 0 Å². The molecule has 0 unspecified atom stereocenters. The van der Waals surface area contributed by atoms with Gasteiger partial charge in [-0.15, -0.1) is 0 Å². The van der Waals surface area contributed by atoms with E-state index in [2.05, 4.69) is 11.9 Å². The number of nitrogens with zero attached hydrogens (tertiary/aromatic N) is 2. The van der Waals surface area contributed by atoms with E-state index in [1.54, 1.807) is 0 Å². The molecule has 0 spiro atoms. The summed E-state index contributed by atoms with van der Waals surface area (Å²) in [5.74, 6) is 0.652. The Kier molecular flexibility index (Phi) is 3.11. The molecule has 0 aromatic carbocycles. The number of hydrogen-bond donors (Lipinski definition) is 0. The molecule has 0 N–H and O–H groups in total. The van der Waals surface area contributed by atoms with Crippen molar-refractivity contribution in [1.82, 2.24) is 4.98 Å². The van der Waals surface area contributed by atoms with E-state index in [0.29, 0.717) is 17.2 Å². The van der Waals surface area contributed by atoms with Gasteiger partial charge < -0.3 is 14.2 Å². The zero-order valence-electron chi connectivity index (χ0n) is 17.2. The lowest BCUT2D eigenvalue weighted by Gasteiger charge is -2.32. The third-order valence-corrected chi connectivity index (χ3v) is 5.17. The summed E-state index contributed by atoms with van der Waals surface area (Å²) in [5, 5.41) is 0. The van der Waals surface area contributed by atoms with Crippen molar-refractivity contribution in [3.05, 3.63) is 18.3 Å². The fraction of sp³-hybridized carbons (Fsp3) is 0.706. The van der Waals surface area contributed by atoms with Gasteiger partial charge in [0.15, 0.2) is 0 Å². The van der Waals surface area contributed by atoms with Crippen LogP contribution in [0.3, 0.4) is 0 Å². The van der Waals surface area contributed by atoms with Gasteiger partial charge in [-0.2, -0.15) is 0 Å². The highest BCUT2D eigenvalue weighted by molar-refractivity contribution is 6.61. The van der Waals surface area contributed by atoms with Crippen LogP contribution in [0.15, 0.2) is 18.3 Å². The Morgan fingerprint density at radius 3 is 2.41 bits per heavy atom. The Labute approximate surface area is 138 Å². The first-order valence-electron chi connectivity index (χ1n) is 9.62. The SMILES string of the molecule is [2H]c1nc(B2OC(C)(C)C(C)(C)O2)c([2H])c(N2CCC(C)CC2)c1[2H]. The Hall–Kier alpha value is -1.07. The molecule has 4 nitrogen and oxygen atoms in total. The number of hydrogen-bond acceptors (Lipinski definition) is 4. The molecular formula is C17H27BN2O2. The first-order chi connectivity index (χ1) is 11.5. The average Bonchev–Trinajstić information content (AvgIpc) is 2.73. The maximum atomic E-state index is 8.63. The molecule has 120 valence electrons. The lowest BCUT2D eigenvalue weighted by molar-refractivity contribution is 0.00578. The maximum absolute atomic E-state index is 8.63. The van der Waals surface area contributed by atoms with Crippen molar-refractivity contribution in [3.8, 4) is 0 Å². The van der Waals surface area contributed by atoms with Gasteiger partial charge >= 0.3 is 7.12 Å². The Morgan fingerprint density at radius 2 is 1.82 bits per heavy atom. The lowest BCUT2D eigenvalue weighted by atomic mass is 9.84. The van der Waals surface area contributed by atoms with Crippen molar-refractivity contribution in [2.45, 2.75) is 58.7 Å². The fourth-order valence-electron chi connectivity index (χ4n) is 2.78. The lowest BCUT2D eigenvalue weighted by Crippen LogP contribution is -2.41. The normalized spacial score (nSPS) is 26.7. The summed E-state index contributed by atoms with van der Waals surface area (Å²) < 4.78 is 37.0. The number of anilines is 1. The molecule has 22 heavy (non-hydrogen) atoms. The van der Waals surface area contributed by atoms with Crippen LogP contribution in [-0.2, 0) is 9.31 Å². The highest BCUT2D eigenvalue weighted by atomic mass is 16.7. The minimum absolute atomic E-state index is 0.0137. The standard InChI is InChI=1S/C17H27BN2O2/c1-13-7-10-20(11-8-13)14-6-9-19-15(12-14)18-21-16(2,3)17(4,5)22-18/h6,9,12-13H,7-8,10-11H2,1-5H3/i6D,9D,12D. The van der Waals surface area contributed by atoms with Crippen LogP contribution in [-0.4, -0.2) is 36.4 Å². The van der Waals surface area contributed by atoms with Crippen LogP contribution >= 0.6 is 0 Å². The monoisotopic (exact) mass is 305 g/mol. The van der Waals surface area contributed by atoms with Crippen LogP contribution in [0.25, 0.3) is 0 Å². The molecule has 5 heteroatoms. The predicted octanol–water partition coefficient (Wildman–Crippen LogP) is 2.62. The molecule has 3 rings (SSSR count). The van der Waals surface area contributed by atoms with Gasteiger partial charge in [0.2, 0.25) is 0 Å². The second kappa shape index (κ2) is 5.53. The van der Waals surface area contributed by atoms with E-state index in [9.17, 15) is 0 Å².